The van der Waals surface area contributed by atoms with Crippen LogP contribution in [0.25, 0.3) is 10.9 Å². The zero-order valence-corrected chi connectivity index (χ0v) is 11.7. The lowest BCUT2D eigenvalue weighted by atomic mass is 9.90. The molecule has 0 N–H and O–H groups in total. The minimum atomic E-state index is -0.458. The van der Waals surface area contributed by atoms with E-state index in [-0.39, 0.29) is 5.97 Å². The summed E-state index contributed by atoms with van der Waals surface area (Å²) < 4.78 is 4.91. The molecule has 5 heteroatoms. The Balaban J connectivity index is 1.96. The molecule has 1 aromatic carbocycles. The molecule has 5 nitrogen and oxygen atoms in total. The number of benzene rings is 1. The van der Waals surface area contributed by atoms with E-state index in [1.165, 1.54) is 7.11 Å². The smallest absolute Gasteiger partial charge is 0.313 e. The van der Waals surface area contributed by atoms with Crippen molar-refractivity contribution < 1.29 is 9.53 Å². The molecule has 0 radical (unpaired) electrons. The summed E-state index contributed by atoms with van der Waals surface area (Å²) >= 11 is 0. The van der Waals surface area contributed by atoms with Crippen LogP contribution in [-0.2, 0) is 9.53 Å². The van der Waals surface area contributed by atoms with E-state index in [1.54, 1.807) is 6.33 Å². The number of rotatable bonds is 2. The Bertz CT molecular complexity index is 653. The van der Waals surface area contributed by atoms with Gasteiger partial charge in [0, 0.05) is 18.5 Å². The van der Waals surface area contributed by atoms with Crippen molar-refractivity contribution in [1.29, 1.82) is 0 Å². The number of hydrogen-bond acceptors (Lipinski definition) is 5. The first-order valence-corrected chi connectivity index (χ1v) is 6.67. The number of anilines is 1. The molecule has 0 aliphatic carbocycles. The number of methoxy groups -OCH3 is 1. The maximum absolute atomic E-state index is 11.9. The van der Waals surface area contributed by atoms with Crippen LogP contribution in [0.5, 0.6) is 0 Å². The SMILES string of the molecule is COC(=O)C1(C)CCN(c2ncnc3ccccc23)C1. The van der Waals surface area contributed by atoms with Gasteiger partial charge in [-0.3, -0.25) is 4.79 Å². The standard InChI is InChI=1S/C15H17N3O2/c1-15(14(19)20-2)7-8-18(9-15)13-11-5-3-4-6-12(11)16-10-17-13/h3-6,10H,7-9H2,1-2H3. The van der Waals surface area contributed by atoms with Crippen LogP contribution in [0.2, 0.25) is 0 Å². The van der Waals surface area contributed by atoms with Crippen LogP contribution in [0.3, 0.4) is 0 Å². The fourth-order valence-corrected chi connectivity index (χ4v) is 2.80. The number of esters is 1. The van der Waals surface area contributed by atoms with Gasteiger partial charge in [-0.05, 0) is 25.5 Å². The third-order valence-electron chi connectivity index (χ3n) is 3.97. The molecule has 0 saturated carbocycles. The first-order chi connectivity index (χ1) is 9.64. The maximum atomic E-state index is 11.9. The molecule has 0 spiro atoms. The molecule has 1 saturated heterocycles. The van der Waals surface area contributed by atoms with Crippen molar-refractivity contribution in [2.45, 2.75) is 13.3 Å². The van der Waals surface area contributed by atoms with Gasteiger partial charge >= 0.3 is 5.97 Å². The number of ether oxygens (including phenoxy) is 1. The van der Waals surface area contributed by atoms with E-state index >= 15 is 0 Å². The summed E-state index contributed by atoms with van der Waals surface area (Å²) in [6.07, 6.45) is 2.35. The van der Waals surface area contributed by atoms with Gasteiger partial charge in [0.2, 0.25) is 0 Å². The van der Waals surface area contributed by atoms with Crippen LogP contribution in [0.1, 0.15) is 13.3 Å². The zero-order valence-electron chi connectivity index (χ0n) is 11.7. The highest BCUT2D eigenvalue weighted by atomic mass is 16.5. The Morgan fingerprint density at radius 3 is 2.95 bits per heavy atom. The largest absolute Gasteiger partial charge is 0.469 e. The molecule has 1 unspecified atom stereocenters. The lowest BCUT2D eigenvalue weighted by molar-refractivity contribution is -0.150. The third kappa shape index (κ3) is 1.99. The molecule has 20 heavy (non-hydrogen) atoms. The van der Waals surface area contributed by atoms with E-state index in [4.69, 9.17) is 4.74 Å². The van der Waals surface area contributed by atoms with Gasteiger partial charge in [0.25, 0.3) is 0 Å². The topological polar surface area (TPSA) is 55.3 Å². The average molecular weight is 271 g/mol. The van der Waals surface area contributed by atoms with Crippen molar-refractivity contribution in [1.82, 2.24) is 9.97 Å². The molecule has 1 fully saturated rings. The Hall–Kier alpha value is -2.17. The number of nitrogens with zero attached hydrogens (tertiary/aromatic N) is 3. The first kappa shape index (κ1) is 12.8. The van der Waals surface area contributed by atoms with E-state index in [9.17, 15) is 4.79 Å². The van der Waals surface area contributed by atoms with Gasteiger partial charge in [-0.2, -0.15) is 0 Å². The number of hydrogen-bond donors (Lipinski definition) is 0. The predicted octanol–water partition coefficient (Wildman–Crippen LogP) is 2.02. The van der Waals surface area contributed by atoms with Gasteiger partial charge in [0.15, 0.2) is 0 Å². The summed E-state index contributed by atoms with van der Waals surface area (Å²) in [5, 5.41) is 1.02. The predicted molar refractivity (Wildman–Crippen MR) is 76.5 cm³/mol. The minimum Gasteiger partial charge on any atom is -0.469 e. The summed E-state index contributed by atoms with van der Waals surface area (Å²) in [7, 11) is 1.44. The van der Waals surface area contributed by atoms with Crippen LogP contribution in [0.15, 0.2) is 30.6 Å². The van der Waals surface area contributed by atoms with Crippen molar-refractivity contribution in [3.8, 4) is 0 Å². The van der Waals surface area contributed by atoms with E-state index in [0.717, 1.165) is 29.7 Å². The van der Waals surface area contributed by atoms with Gasteiger partial charge in [0.05, 0.1) is 18.0 Å². The van der Waals surface area contributed by atoms with Crippen molar-refractivity contribution in [2.75, 3.05) is 25.1 Å². The molecule has 1 aromatic heterocycles. The summed E-state index contributed by atoms with van der Waals surface area (Å²) in [5.41, 5.74) is 0.463. The molecular weight excluding hydrogens is 254 g/mol. The van der Waals surface area contributed by atoms with E-state index < -0.39 is 5.41 Å². The molecule has 104 valence electrons. The second kappa shape index (κ2) is 4.74. The quantitative estimate of drug-likeness (QED) is 0.782. The van der Waals surface area contributed by atoms with Crippen LogP contribution in [0, 0.1) is 5.41 Å². The van der Waals surface area contributed by atoms with Crippen molar-refractivity contribution >= 4 is 22.7 Å². The summed E-state index contributed by atoms with van der Waals surface area (Å²) in [6.45, 7) is 3.37. The normalized spacial score (nSPS) is 22.2. The van der Waals surface area contributed by atoms with E-state index in [2.05, 4.69) is 14.9 Å². The maximum Gasteiger partial charge on any atom is 0.313 e. The molecule has 0 amide bonds. The van der Waals surface area contributed by atoms with E-state index in [1.807, 2.05) is 31.2 Å². The fourth-order valence-electron chi connectivity index (χ4n) is 2.80. The second-order valence-electron chi connectivity index (χ2n) is 5.44. The number of aromatic nitrogens is 2. The number of fused-ring (bicyclic) bond motifs is 1. The molecule has 1 aliphatic rings. The summed E-state index contributed by atoms with van der Waals surface area (Å²) in [6, 6.07) is 7.92. The molecule has 3 rings (SSSR count). The van der Waals surface area contributed by atoms with Gasteiger partial charge in [-0.25, -0.2) is 9.97 Å². The highest BCUT2D eigenvalue weighted by Gasteiger charge is 2.42. The Morgan fingerprint density at radius 1 is 1.35 bits per heavy atom. The summed E-state index contributed by atoms with van der Waals surface area (Å²) in [4.78, 5) is 22.7. The Morgan fingerprint density at radius 2 is 2.15 bits per heavy atom. The van der Waals surface area contributed by atoms with Gasteiger partial charge in [0.1, 0.15) is 12.1 Å². The molecule has 0 bridgehead atoms. The van der Waals surface area contributed by atoms with Crippen molar-refractivity contribution in [2.24, 2.45) is 5.41 Å². The second-order valence-corrected chi connectivity index (χ2v) is 5.44. The fraction of sp³-hybridized carbons (Fsp3) is 0.400. The van der Waals surface area contributed by atoms with Crippen molar-refractivity contribution in [3.05, 3.63) is 30.6 Å². The van der Waals surface area contributed by atoms with Crippen LogP contribution in [-0.4, -0.2) is 36.1 Å². The minimum absolute atomic E-state index is 0.154. The number of carbonyl (C=O) groups is 1. The number of carbonyl (C=O) groups excluding carboxylic acids is 1. The lowest BCUT2D eigenvalue weighted by Gasteiger charge is -2.23. The zero-order chi connectivity index (χ0) is 14.2. The Labute approximate surface area is 117 Å². The van der Waals surface area contributed by atoms with Gasteiger partial charge in [-0.1, -0.05) is 12.1 Å². The highest BCUT2D eigenvalue weighted by Crippen LogP contribution is 2.35. The average Bonchev–Trinajstić information content (AvgIpc) is 2.89. The third-order valence-corrected chi connectivity index (χ3v) is 3.97. The monoisotopic (exact) mass is 271 g/mol. The summed E-state index contributed by atoms with van der Waals surface area (Å²) in [5.74, 6) is 0.738. The Kier molecular flexibility index (Phi) is 3.04. The van der Waals surface area contributed by atoms with Gasteiger partial charge < -0.3 is 9.64 Å². The number of para-hydroxylation sites is 1. The molecule has 1 atom stereocenters. The lowest BCUT2D eigenvalue weighted by Crippen LogP contribution is -2.33. The molecular formula is C15H17N3O2. The van der Waals surface area contributed by atoms with Gasteiger partial charge in [-0.15, -0.1) is 0 Å². The highest BCUT2D eigenvalue weighted by molar-refractivity contribution is 5.90. The molecule has 1 aliphatic heterocycles. The molecule has 2 heterocycles. The van der Waals surface area contributed by atoms with Crippen LogP contribution >= 0.6 is 0 Å². The van der Waals surface area contributed by atoms with Crippen molar-refractivity contribution in [3.63, 3.8) is 0 Å². The first-order valence-electron chi connectivity index (χ1n) is 6.67. The van der Waals surface area contributed by atoms with Crippen LogP contribution in [0.4, 0.5) is 5.82 Å². The van der Waals surface area contributed by atoms with Crippen LogP contribution < -0.4 is 4.90 Å². The van der Waals surface area contributed by atoms with E-state index in [0.29, 0.717) is 6.54 Å². The molecule has 2 aromatic rings.